The number of hydrogen-bond acceptors (Lipinski definition) is 2. The number of aromatic nitrogens is 2. The molecule has 0 amide bonds. The minimum absolute atomic E-state index is 0.778. The van der Waals surface area contributed by atoms with Gasteiger partial charge in [0.1, 0.15) is 5.82 Å². The van der Waals surface area contributed by atoms with Gasteiger partial charge in [-0.05, 0) is 38.1 Å². The first-order valence-electron chi connectivity index (χ1n) is 5.47. The third-order valence-corrected chi connectivity index (χ3v) is 2.68. The lowest BCUT2D eigenvalue weighted by atomic mass is 10.1. The molecule has 2 aromatic rings. The van der Waals surface area contributed by atoms with Gasteiger partial charge >= 0.3 is 0 Å². The molecular weight excluding hydrogens is 198 g/mol. The van der Waals surface area contributed by atoms with E-state index in [1.807, 2.05) is 19.4 Å². The van der Waals surface area contributed by atoms with E-state index in [1.165, 1.54) is 16.8 Å². The van der Waals surface area contributed by atoms with Crippen molar-refractivity contribution in [1.82, 2.24) is 14.9 Å². The Labute approximate surface area is 96.1 Å². The van der Waals surface area contributed by atoms with Gasteiger partial charge in [0.25, 0.3) is 0 Å². The quantitative estimate of drug-likeness (QED) is 0.850. The van der Waals surface area contributed by atoms with Gasteiger partial charge in [0.15, 0.2) is 0 Å². The number of rotatable bonds is 3. The summed E-state index contributed by atoms with van der Waals surface area (Å²) in [5.41, 5.74) is 3.74. The van der Waals surface area contributed by atoms with Crippen LogP contribution >= 0.6 is 0 Å². The molecule has 1 N–H and O–H groups in total. The largest absolute Gasteiger partial charge is 0.313 e. The zero-order valence-electron chi connectivity index (χ0n) is 9.99. The first-order valence-corrected chi connectivity index (χ1v) is 5.47. The van der Waals surface area contributed by atoms with Gasteiger partial charge in [0.2, 0.25) is 0 Å². The molecule has 1 heterocycles. The monoisotopic (exact) mass is 215 g/mol. The molecule has 0 spiro atoms. The Morgan fingerprint density at radius 2 is 2.12 bits per heavy atom. The van der Waals surface area contributed by atoms with Gasteiger partial charge in [-0.15, -0.1) is 0 Å². The lowest BCUT2D eigenvalue weighted by Gasteiger charge is -2.11. The summed E-state index contributed by atoms with van der Waals surface area (Å²) >= 11 is 0. The van der Waals surface area contributed by atoms with Crippen molar-refractivity contribution in [2.75, 3.05) is 7.05 Å². The van der Waals surface area contributed by atoms with E-state index in [1.54, 1.807) is 0 Å². The molecule has 0 bridgehead atoms. The van der Waals surface area contributed by atoms with E-state index in [0.717, 1.165) is 12.4 Å². The summed E-state index contributed by atoms with van der Waals surface area (Å²) in [5, 5.41) is 3.13. The van der Waals surface area contributed by atoms with Crippen LogP contribution in [0.2, 0.25) is 0 Å². The van der Waals surface area contributed by atoms with Crippen molar-refractivity contribution in [3.05, 3.63) is 47.5 Å². The normalized spacial score (nSPS) is 10.7. The second-order valence-electron chi connectivity index (χ2n) is 4.03. The number of imidazole rings is 1. The summed E-state index contributed by atoms with van der Waals surface area (Å²) in [4.78, 5) is 4.35. The molecule has 1 aromatic heterocycles. The Hall–Kier alpha value is -1.61. The number of benzene rings is 1. The van der Waals surface area contributed by atoms with E-state index in [2.05, 4.69) is 46.9 Å². The molecule has 3 heteroatoms. The Morgan fingerprint density at radius 3 is 2.88 bits per heavy atom. The van der Waals surface area contributed by atoms with Crippen molar-refractivity contribution in [2.24, 2.45) is 0 Å². The fraction of sp³-hybridized carbons (Fsp3) is 0.308. The minimum atomic E-state index is 0.778. The van der Waals surface area contributed by atoms with E-state index < -0.39 is 0 Å². The Bertz CT molecular complexity index is 486. The van der Waals surface area contributed by atoms with E-state index in [0.29, 0.717) is 0 Å². The summed E-state index contributed by atoms with van der Waals surface area (Å²) in [6.45, 7) is 5.01. The maximum Gasteiger partial charge on any atom is 0.127 e. The van der Waals surface area contributed by atoms with Gasteiger partial charge in [-0.2, -0.15) is 0 Å². The average Bonchev–Trinajstić information content (AvgIpc) is 2.70. The van der Waals surface area contributed by atoms with Crippen LogP contribution < -0.4 is 5.32 Å². The first kappa shape index (κ1) is 10.9. The topological polar surface area (TPSA) is 29.9 Å². The standard InChI is InChI=1S/C13H17N3/c1-10-4-5-11(2)12(8-10)16-7-6-15-13(16)9-14-3/h4-8,14H,9H2,1-3H3. The highest BCUT2D eigenvalue weighted by Gasteiger charge is 2.06. The first-order chi connectivity index (χ1) is 7.72. The molecule has 0 saturated heterocycles. The summed E-state index contributed by atoms with van der Waals surface area (Å²) in [6.07, 6.45) is 3.85. The van der Waals surface area contributed by atoms with Crippen molar-refractivity contribution in [2.45, 2.75) is 20.4 Å². The predicted octanol–water partition coefficient (Wildman–Crippen LogP) is 2.21. The fourth-order valence-corrected chi connectivity index (χ4v) is 1.82. The van der Waals surface area contributed by atoms with Crippen LogP contribution in [-0.4, -0.2) is 16.6 Å². The lowest BCUT2D eigenvalue weighted by Crippen LogP contribution is -2.11. The molecule has 0 saturated carbocycles. The van der Waals surface area contributed by atoms with Gasteiger partial charge < -0.3 is 9.88 Å². The van der Waals surface area contributed by atoms with Crippen LogP contribution in [0.1, 0.15) is 17.0 Å². The molecule has 0 aliphatic heterocycles. The Kier molecular flexibility index (Phi) is 3.06. The summed E-state index contributed by atoms with van der Waals surface area (Å²) in [5.74, 6) is 1.04. The lowest BCUT2D eigenvalue weighted by molar-refractivity contribution is 0.740. The summed E-state index contributed by atoms with van der Waals surface area (Å²) in [7, 11) is 1.93. The third-order valence-electron chi connectivity index (χ3n) is 2.68. The van der Waals surface area contributed by atoms with Gasteiger partial charge in [-0.1, -0.05) is 12.1 Å². The molecule has 3 nitrogen and oxygen atoms in total. The second kappa shape index (κ2) is 4.49. The maximum atomic E-state index is 4.35. The van der Waals surface area contributed by atoms with Crippen LogP contribution in [0, 0.1) is 13.8 Å². The zero-order valence-corrected chi connectivity index (χ0v) is 9.99. The van der Waals surface area contributed by atoms with Gasteiger partial charge in [-0.25, -0.2) is 4.98 Å². The van der Waals surface area contributed by atoms with E-state index >= 15 is 0 Å². The van der Waals surface area contributed by atoms with Crippen LogP contribution in [0.15, 0.2) is 30.6 Å². The molecule has 0 aliphatic carbocycles. The summed E-state index contributed by atoms with van der Waals surface area (Å²) < 4.78 is 2.14. The molecule has 0 unspecified atom stereocenters. The van der Waals surface area contributed by atoms with Gasteiger partial charge in [0, 0.05) is 18.1 Å². The molecule has 2 rings (SSSR count). The molecule has 0 aliphatic rings. The van der Waals surface area contributed by atoms with Crippen LogP contribution in [0.5, 0.6) is 0 Å². The molecule has 0 radical (unpaired) electrons. The molecule has 0 atom stereocenters. The molecule has 0 fully saturated rings. The SMILES string of the molecule is CNCc1nccn1-c1cc(C)ccc1C. The van der Waals surface area contributed by atoms with Crippen molar-refractivity contribution in [3.8, 4) is 5.69 Å². The van der Waals surface area contributed by atoms with E-state index in [4.69, 9.17) is 0 Å². The molecule has 1 aromatic carbocycles. The molecule has 84 valence electrons. The number of nitrogens with one attached hydrogen (secondary N) is 1. The van der Waals surface area contributed by atoms with E-state index in [9.17, 15) is 0 Å². The van der Waals surface area contributed by atoms with Crippen LogP contribution in [0.25, 0.3) is 5.69 Å². The van der Waals surface area contributed by atoms with Crippen molar-refractivity contribution < 1.29 is 0 Å². The van der Waals surface area contributed by atoms with Crippen molar-refractivity contribution in [1.29, 1.82) is 0 Å². The van der Waals surface area contributed by atoms with Crippen LogP contribution in [0.3, 0.4) is 0 Å². The smallest absolute Gasteiger partial charge is 0.127 e. The zero-order chi connectivity index (χ0) is 11.5. The highest BCUT2D eigenvalue weighted by Crippen LogP contribution is 2.17. The van der Waals surface area contributed by atoms with Gasteiger partial charge in [-0.3, -0.25) is 0 Å². The number of nitrogens with zero attached hydrogens (tertiary/aromatic N) is 2. The Morgan fingerprint density at radius 1 is 1.31 bits per heavy atom. The maximum absolute atomic E-state index is 4.35. The third kappa shape index (κ3) is 1.99. The highest BCUT2D eigenvalue weighted by atomic mass is 15.1. The molecular formula is C13H17N3. The van der Waals surface area contributed by atoms with Crippen molar-refractivity contribution >= 4 is 0 Å². The average molecular weight is 215 g/mol. The van der Waals surface area contributed by atoms with E-state index in [-0.39, 0.29) is 0 Å². The fourth-order valence-electron chi connectivity index (χ4n) is 1.82. The van der Waals surface area contributed by atoms with Crippen LogP contribution in [-0.2, 0) is 6.54 Å². The Balaban J connectivity index is 2.49. The van der Waals surface area contributed by atoms with Gasteiger partial charge in [0.05, 0.1) is 6.54 Å². The molecule has 16 heavy (non-hydrogen) atoms. The summed E-state index contributed by atoms with van der Waals surface area (Å²) in [6, 6.07) is 6.47. The number of hydrogen-bond donors (Lipinski definition) is 1. The van der Waals surface area contributed by atoms with Crippen LogP contribution in [0.4, 0.5) is 0 Å². The highest BCUT2D eigenvalue weighted by molar-refractivity contribution is 5.43. The van der Waals surface area contributed by atoms with Crippen molar-refractivity contribution in [3.63, 3.8) is 0 Å². The second-order valence-corrected chi connectivity index (χ2v) is 4.03. The predicted molar refractivity (Wildman–Crippen MR) is 65.8 cm³/mol. The number of aryl methyl sites for hydroxylation is 2. The minimum Gasteiger partial charge on any atom is -0.313 e.